The second-order valence-electron chi connectivity index (χ2n) is 4.48. The Morgan fingerprint density at radius 3 is 2.88 bits per heavy atom. The van der Waals surface area contributed by atoms with Crippen LogP contribution in [0, 0.1) is 29.6 Å². The first-order chi connectivity index (χ1) is 7.55. The smallest absolute Gasteiger partial charge is 0.246 e. The van der Waals surface area contributed by atoms with Crippen molar-refractivity contribution in [2.75, 3.05) is 5.32 Å². The van der Waals surface area contributed by atoms with Crippen LogP contribution in [0.5, 0.6) is 0 Å². The maximum atomic E-state index is 11.9. The summed E-state index contributed by atoms with van der Waals surface area (Å²) in [6.07, 6.45) is 1.23. The van der Waals surface area contributed by atoms with Crippen molar-refractivity contribution in [2.45, 2.75) is 26.7 Å². The van der Waals surface area contributed by atoms with Gasteiger partial charge in [-0.05, 0) is 25.7 Å². The molecule has 0 saturated heterocycles. The number of nitriles is 1. The highest BCUT2D eigenvalue weighted by Gasteiger charge is 2.49. The summed E-state index contributed by atoms with van der Waals surface area (Å²) in [5, 5.41) is 15.3. The van der Waals surface area contributed by atoms with Crippen molar-refractivity contribution in [2.24, 2.45) is 11.3 Å². The maximum Gasteiger partial charge on any atom is 0.246 e. The van der Waals surface area contributed by atoms with Crippen LogP contribution in [0.3, 0.4) is 0 Å². The number of hydrogen-bond acceptors (Lipinski definition) is 4. The second-order valence-corrected chi connectivity index (χ2v) is 4.48. The Morgan fingerprint density at radius 1 is 1.75 bits per heavy atom. The molecule has 1 aromatic rings. The Bertz CT molecular complexity index is 452. The predicted molar refractivity (Wildman–Crippen MR) is 56.3 cm³/mol. The Labute approximate surface area is 93.4 Å². The van der Waals surface area contributed by atoms with Crippen LogP contribution in [-0.2, 0) is 4.79 Å². The third-order valence-electron chi connectivity index (χ3n) is 2.91. The Hall–Kier alpha value is -1.83. The molecule has 84 valence electrons. The second kappa shape index (κ2) is 3.63. The molecule has 1 aliphatic carbocycles. The molecule has 0 unspecified atom stereocenters. The van der Waals surface area contributed by atoms with Gasteiger partial charge < -0.3 is 9.84 Å². The van der Waals surface area contributed by atoms with Gasteiger partial charge in [0.05, 0.1) is 6.07 Å². The lowest BCUT2D eigenvalue weighted by molar-refractivity contribution is -0.128. The highest BCUT2D eigenvalue weighted by Crippen LogP contribution is 2.45. The average Bonchev–Trinajstić information content (AvgIpc) is 2.58. The van der Waals surface area contributed by atoms with Crippen molar-refractivity contribution in [3.05, 3.63) is 11.8 Å². The van der Waals surface area contributed by atoms with E-state index in [4.69, 9.17) is 9.78 Å². The predicted octanol–water partition coefficient (Wildman–Crippen LogP) is 1.86. The molecule has 1 saturated carbocycles. The first-order valence-corrected chi connectivity index (χ1v) is 5.22. The minimum absolute atomic E-state index is 0.276. The summed E-state index contributed by atoms with van der Waals surface area (Å²) >= 11 is 0. The minimum atomic E-state index is -0.869. The van der Waals surface area contributed by atoms with E-state index in [0.29, 0.717) is 30.3 Å². The molecule has 0 aromatic carbocycles. The van der Waals surface area contributed by atoms with Gasteiger partial charge in [-0.15, -0.1) is 0 Å². The van der Waals surface area contributed by atoms with Gasteiger partial charge in [-0.3, -0.25) is 4.79 Å². The standard InChI is InChI=1S/C11H13N3O2/c1-7-4-11(5-7,6-12)10(15)13-9-3-8(2)16-14-9/h3,7H,4-5H2,1-2H3,(H,13,14,15). The van der Waals surface area contributed by atoms with E-state index in [0.717, 1.165) is 0 Å². The topological polar surface area (TPSA) is 78.9 Å². The van der Waals surface area contributed by atoms with E-state index < -0.39 is 5.41 Å². The van der Waals surface area contributed by atoms with Gasteiger partial charge in [-0.25, -0.2) is 0 Å². The SMILES string of the molecule is Cc1cc(NC(=O)C2(C#N)CC(C)C2)no1. The zero-order valence-electron chi connectivity index (χ0n) is 9.28. The summed E-state index contributed by atoms with van der Waals surface area (Å²) < 4.78 is 4.84. The molecule has 0 aliphatic heterocycles. The summed E-state index contributed by atoms with van der Waals surface area (Å²) in [6, 6.07) is 3.73. The van der Waals surface area contributed by atoms with Gasteiger partial charge in [0.2, 0.25) is 5.91 Å². The van der Waals surface area contributed by atoms with Crippen LogP contribution < -0.4 is 5.32 Å². The molecule has 0 atom stereocenters. The fourth-order valence-electron chi connectivity index (χ4n) is 2.12. The number of hydrogen-bond donors (Lipinski definition) is 1. The van der Waals surface area contributed by atoms with Gasteiger partial charge in [-0.1, -0.05) is 12.1 Å². The highest BCUT2D eigenvalue weighted by atomic mass is 16.5. The van der Waals surface area contributed by atoms with Gasteiger partial charge in [0.25, 0.3) is 0 Å². The lowest BCUT2D eigenvalue weighted by Crippen LogP contribution is -2.45. The van der Waals surface area contributed by atoms with Crippen molar-refractivity contribution < 1.29 is 9.32 Å². The van der Waals surface area contributed by atoms with Gasteiger partial charge in [0.1, 0.15) is 11.2 Å². The van der Waals surface area contributed by atoms with E-state index in [1.807, 2.05) is 6.92 Å². The van der Waals surface area contributed by atoms with Crippen LogP contribution in [0.25, 0.3) is 0 Å². The molecule has 1 aliphatic rings. The van der Waals surface area contributed by atoms with E-state index in [-0.39, 0.29) is 5.91 Å². The van der Waals surface area contributed by atoms with E-state index in [9.17, 15) is 4.79 Å². The average molecular weight is 219 g/mol. The summed E-state index contributed by atoms with van der Waals surface area (Å²) in [4.78, 5) is 11.9. The largest absolute Gasteiger partial charge is 0.360 e. The van der Waals surface area contributed by atoms with Crippen molar-refractivity contribution in [1.29, 1.82) is 5.26 Å². The van der Waals surface area contributed by atoms with Gasteiger partial charge >= 0.3 is 0 Å². The molecule has 16 heavy (non-hydrogen) atoms. The zero-order valence-corrected chi connectivity index (χ0v) is 9.28. The van der Waals surface area contributed by atoms with Crippen LogP contribution in [0.2, 0.25) is 0 Å². The molecule has 1 fully saturated rings. The lowest BCUT2D eigenvalue weighted by Gasteiger charge is -2.38. The van der Waals surface area contributed by atoms with E-state index in [1.165, 1.54) is 0 Å². The van der Waals surface area contributed by atoms with Crippen LogP contribution in [0.4, 0.5) is 5.82 Å². The van der Waals surface area contributed by atoms with Crippen LogP contribution in [-0.4, -0.2) is 11.1 Å². The molecular weight excluding hydrogens is 206 g/mol. The molecule has 1 aromatic heterocycles. The summed E-state index contributed by atoms with van der Waals surface area (Å²) in [6.45, 7) is 3.78. The lowest BCUT2D eigenvalue weighted by atomic mass is 9.63. The van der Waals surface area contributed by atoms with Crippen molar-refractivity contribution in [3.8, 4) is 6.07 Å². The first kappa shape index (κ1) is 10.7. The normalized spacial score (nSPS) is 27.9. The first-order valence-electron chi connectivity index (χ1n) is 5.22. The van der Waals surface area contributed by atoms with Gasteiger partial charge in [0.15, 0.2) is 5.82 Å². The molecule has 1 amide bonds. The summed E-state index contributed by atoms with van der Waals surface area (Å²) in [5.41, 5.74) is -0.869. The third kappa shape index (κ3) is 1.67. The Kier molecular flexibility index (Phi) is 2.43. The van der Waals surface area contributed by atoms with Crippen molar-refractivity contribution in [1.82, 2.24) is 5.16 Å². The van der Waals surface area contributed by atoms with E-state index >= 15 is 0 Å². The van der Waals surface area contributed by atoms with Crippen LogP contribution >= 0.6 is 0 Å². The number of carbonyl (C=O) groups excluding carboxylic acids is 1. The minimum Gasteiger partial charge on any atom is -0.360 e. The number of nitrogens with one attached hydrogen (secondary N) is 1. The quantitative estimate of drug-likeness (QED) is 0.823. The van der Waals surface area contributed by atoms with Crippen LogP contribution in [0.15, 0.2) is 10.6 Å². The number of anilines is 1. The number of amides is 1. The van der Waals surface area contributed by atoms with E-state index in [1.54, 1.807) is 13.0 Å². The van der Waals surface area contributed by atoms with Crippen LogP contribution in [0.1, 0.15) is 25.5 Å². The zero-order chi connectivity index (χ0) is 11.8. The fourth-order valence-corrected chi connectivity index (χ4v) is 2.12. The molecule has 1 N–H and O–H groups in total. The fraction of sp³-hybridized carbons (Fsp3) is 0.545. The molecule has 0 radical (unpaired) electrons. The number of nitrogens with zero attached hydrogens (tertiary/aromatic N) is 2. The summed E-state index contributed by atoms with van der Waals surface area (Å²) in [7, 11) is 0. The Morgan fingerprint density at radius 2 is 2.44 bits per heavy atom. The van der Waals surface area contributed by atoms with Gasteiger partial charge in [-0.2, -0.15) is 5.26 Å². The monoisotopic (exact) mass is 219 g/mol. The maximum absolute atomic E-state index is 11.9. The number of aryl methyl sites for hydroxylation is 1. The molecule has 5 nitrogen and oxygen atoms in total. The third-order valence-corrected chi connectivity index (χ3v) is 2.91. The highest BCUT2D eigenvalue weighted by molar-refractivity contribution is 5.97. The molecule has 0 spiro atoms. The molecule has 5 heteroatoms. The number of rotatable bonds is 2. The number of carbonyl (C=O) groups is 1. The molecule has 2 rings (SSSR count). The van der Waals surface area contributed by atoms with Crippen molar-refractivity contribution >= 4 is 11.7 Å². The summed E-state index contributed by atoms with van der Waals surface area (Å²) in [5.74, 6) is 1.16. The van der Waals surface area contributed by atoms with Gasteiger partial charge in [0, 0.05) is 6.07 Å². The van der Waals surface area contributed by atoms with Crippen molar-refractivity contribution in [3.63, 3.8) is 0 Å². The Balaban J connectivity index is 2.06. The molecular formula is C11H13N3O2. The molecule has 0 bridgehead atoms. The molecule has 1 heterocycles. The van der Waals surface area contributed by atoms with E-state index in [2.05, 4.69) is 16.5 Å². The number of aromatic nitrogens is 1.